The second-order valence-corrected chi connectivity index (χ2v) is 5.70. The molecular formula is C14H20BrNO3. The maximum Gasteiger partial charge on any atom is 0.251 e. The van der Waals surface area contributed by atoms with Crippen molar-refractivity contribution in [1.82, 2.24) is 5.32 Å². The van der Waals surface area contributed by atoms with Crippen LogP contribution in [0.5, 0.6) is 5.75 Å². The number of aliphatic hydroxyl groups is 1. The number of ether oxygens (including phenoxy) is 1. The maximum atomic E-state index is 11.9. The van der Waals surface area contributed by atoms with E-state index in [-0.39, 0.29) is 12.5 Å². The van der Waals surface area contributed by atoms with Gasteiger partial charge in [-0.15, -0.1) is 0 Å². The zero-order valence-corrected chi connectivity index (χ0v) is 13.0. The average molecular weight is 330 g/mol. The van der Waals surface area contributed by atoms with Crippen molar-refractivity contribution < 1.29 is 14.6 Å². The van der Waals surface area contributed by atoms with Crippen LogP contribution in [0.15, 0.2) is 22.7 Å². The molecule has 1 aromatic rings. The van der Waals surface area contributed by atoms with Gasteiger partial charge in [0, 0.05) is 12.1 Å². The number of rotatable bonds is 6. The van der Waals surface area contributed by atoms with Crippen LogP contribution in [0.4, 0.5) is 0 Å². The van der Waals surface area contributed by atoms with Crippen molar-refractivity contribution in [2.75, 3.05) is 13.7 Å². The molecule has 2 N–H and O–H groups in total. The Morgan fingerprint density at radius 3 is 2.68 bits per heavy atom. The second-order valence-electron chi connectivity index (χ2n) is 4.84. The van der Waals surface area contributed by atoms with Gasteiger partial charge in [0.15, 0.2) is 0 Å². The Kier molecular flexibility index (Phi) is 6.31. The molecule has 0 spiro atoms. The molecule has 0 aliphatic carbocycles. The number of amides is 1. The summed E-state index contributed by atoms with van der Waals surface area (Å²) in [6.07, 6.45) is 0.165. The Labute approximate surface area is 122 Å². The minimum Gasteiger partial charge on any atom is -0.496 e. The van der Waals surface area contributed by atoms with Gasteiger partial charge in [-0.1, -0.05) is 13.8 Å². The van der Waals surface area contributed by atoms with E-state index in [2.05, 4.69) is 21.2 Å². The summed E-state index contributed by atoms with van der Waals surface area (Å²) in [5, 5.41) is 12.4. The smallest absolute Gasteiger partial charge is 0.251 e. The van der Waals surface area contributed by atoms with Gasteiger partial charge in [0.1, 0.15) is 5.75 Å². The van der Waals surface area contributed by atoms with Gasteiger partial charge in [0.2, 0.25) is 0 Å². The highest BCUT2D eigenvalue weighted by molar-refractivity contribution is 9.10. The van der Waals surface area contributed by atoms with Crippen LogP contribution in [0.25, 0.3) is 0 Å². The minimum absolute atomic E-state index is 0.203. The summed E-state index contributed by atoms with van der Waals surface area (Å²) in [4.78, 5) is 11.9. The number of carbonyl (C=O) groups excluding carboxylic acids is 1. The van der Waals surface area contributed by atoms with E-state index in [4.69, 9.17) is 4.74 Å². The molecule has 0 bridgehead atoms. The predicted octanol–water partition coefficient (Wildman–Crippen LogP) is 2.59. The Morgan fingerprint density at radius 1 is 1.47 bits per heavy atom. The van der Waals surface area contributed by atoms with Gasteiger partial charge >= 0.3 is 0 Å². The lowest BCUT2D eigenvalue weighted by atomic mass is 10.1. The average Bonchev–Trinajstić information content (AvgIpc) is 2.35. The van der Waals surface area contributed by atoms with Gasteiger partial charge in [0.05, 0.1) is 17.7 Å². The van der Waals surface area contributed by atoms with Crippen molar-refractivity contribution >= 4 is 21.8 Å². The van der Waals surface area contributed by atoms with Crippen LogP contribution in [0.1, 0.15) is 30.6 Å². The summed E-state index contributed by atoms with van der Waals surface area (Å²) in [5.41, 5.74) is 0.532. The van der Waals surface area contributed by atoms with E-state index in [9.17, 15) is 9.90 Å². The molecule has 1 aromatic carbocycles. The molecule has 0 saturated heterocycles. The number of nitrogens with one attached hydrogen (secondary N) is 1. The third-order valence-electron chi connectivity index (χ3n) is 2.66. The van der Waals surface area contributed by atoms with E-state index in [1.165, 1.54) is 0 Å². The van der Waals surface area contributed by atoms with E-state index >= 15 is 0 Å². The highest BCUT2D eigenvalue weighted by Gasteiger charge is 2.11. The summed E-state index contributed by atoms with van der Waals surface area (Å²) < 4.78 is 5.83. The number of methoxy groups -OCH3 is 1. The molecule has 0 aromatic heterocycles. The highest BCUT2D eigenvalue weighted by atomic mass is 79.9. The second kappa shape index (κ2) is 7.50. The van der Waals surface area contributed by atoms with E-state index < -0.39 is 6.10 Å². The first-order valence-electron chi connectivity index (χ1n) is 6.23. The van der Waals surface area contributed by atoms with Crippen LogP contribution in [-0.4, -0.2) is 30.8 Å². The first kappa shape index (κ1) is 16.0. The largest absolute Gasteiger partial charge is 0.496 e. The summed E-state index contributed by atoms with van der Waals surface area (Å²) in [5.74, 6) is 0.879. The lowest BCUT2D eigenvalue weighted by Crippen LogP contribution is -2.32. The minimum atomic E-state index is -0.509. The maximum absolute atomic E-state index is 11.9. The van der Waals surface area contributed by atoms with E-state index in [1.807, 2.05) is 13.8 Å². The molecule has 0 heterocycles. The van der Waals surface area contributed by atoms with Gasteiger partial charge in [0.25, 0.3) is 5.91 Å². The zero-order chi connectivity index (χ0) is 14.4. The summed E-state index contributed by atoms with van der Waals surface area (Å²) >= 11 is 3.33. The Balaban J connectivity index is 2.56. The molecule has 1 unspecified atom stereocenters. The standard InChI is InChI=1S/C14H20BrNO3/c1-9(2)6-11(17)8-16-14(18)10-4-5-13(19-3)12(15)7-10/h4-5,7,9,11,17H,6,8H2,1-3H3,(H,16,18). The number of carbonyl (C=O) groups is 1. The van der Waals surface area contributed by atoms with E-state index in [0.29, 0.717) is 23.7 Å². The van der Waals surface area contributed by atoms with Gasteiger partial charge < -0.3 is 15.2 Å². The van der Waals surface area contributed by atoms with Crippen LogP contribution in [0.3, 0.4) is 0 Å². The summed E-state index contributed by atoms with van der Waals surface area (Å²) in [7, 11) is 1.57. The molecule has 0 aliphatic rings. The zero-order valence-electron chi connectivity index (χ0n) is 11.4. The molecule has 1 atom stereocenters. The third-order valence-corrected chi connectivity index (χ3v) is 3.28. The van der Waals surface area contributed by atoms with Gasteiger partial charge in [-0.25, -0.2) is 0 Å². The number of hydrogen-bond donors (Lipinski definition) is 2. The van der Waals surface area contributed by atoms with E-state index in [1.54, 1.807) is 25.3 Å². The van der Waals surface area contributed by atoms with Crippen molar-refractivity contribution in [3.63, 3.8) is 0 Å². The topological polar surface area (TPSA) is 58.6 Å². The van der Waals surface area contributed by atoms with Crippen LogP contribution >= 0.6 is 15.9 Å². The fourth-order valence-corrected chi connectivity index (χ4v) is 2.29. The molecule has 0 fully saturated rings. The molecule has 106 valence electrons. The van der Waals surface area contributed by atoms with Crippen molar-refractivity contribution in [2.24, 2.45) is 5.92 Å². The molecular weight excluding hydrogens is 310 g/mol. The third kappa shape index (κ3) is 5.20. The summed E-state index contributed by atoms with van der Waals surface area (Å²) in [6.45, 7) is 4.33. The Bertz CT molecular complexity index is 435. The van der Waals surface area contributed by atoms with Crippen LogP contribution in [-0.2, 0) is 0 Å². The Hall–Kier alpha value is -1.07. The highest BCUT2D eigenvalue weighted by Crippen LogP contribution is 2.25. The fraction of sp³-hybridized carbons (Fsp3) is 0.500. The van der Waals surface area contributed by atoms with Gasteiger partial charge in [-0.2, -0.15) is 0 Å². The number of aliphatic hydroxyl groups excluding tert-OH is 1. The molecule has 0 radical (unpaired) electrons. The fourth-order valence-electron chi connectivity index (χ4n) is 1.75. The summed E-state index contributed by atoms with van der Waals surface area (Å²) in [6, 6.07) is 5.11. The van der Waals surface area contributed by atoms with Gasteiger partial charge in [-0.3, -0.25) is 4.79 Å². The normalized spacial score (nSPS) is 12.3. The van der Waals surface area contributed by atoms with Gasteiger partial charge in [-0.05, 0) is 46.5 Å². The monoisotopic (exact) mass is 329 g/mol. The van der Waals surface area contributed by atoms with Crippen LogP contribution < -0.4 is 10.1 Å². The number of halogens is 1. The molecule has 0 aliphatic heterocycles. The molecule has 1 amide bonds. The van der Waals surface area contributed by atoms with Crippen molar-refractivity contribution in [2.45, 2.75) is 26.4 Å². The van der Waals surface area contributed by atoms with Crippen molar-refractivity contribution in [1.29, 1.82) is 0 Å². The quantitative estimate of drug-likeness (QED) is 0.843. The van der Waals surface area contributed by atoms with Crippen molar-refractivity contribution in [3.8, 4) is 5.75 Å². The van der Waals surface area contributed by atoms with Crippen LogP contribution in [0.2, 0.25) is 0 Å². The first-order chi connectivity index (χ1) is 8.93. The number of hydrogen-bond acceptors (Lipinski definition) is 3. The van der Waals surface area contributed by atoms with E-state index in [0.717, 1.165) is 4.47 Å². The Morgan fingerprint density at radius 2 is 2.16 bits per heavy atom. The lowest BCUT2D eigenvalue weighted by Gasteiger charge is -2.14. The van der Waals surface area contributed by atoms with Crippen LogP contribution in [0, 0.1) is 5.92 Å². The predicted molar refractivity (Wildman–Crippen MR) is 78.5 cm³/mol. The molecule has 1 rings (SSSR count). The molecule has 19 heavy (non-hydrogen) atoms. The first-order valence-corrected chi connectivity index (χ1v) is 7.03. The molecule has 4 nitrogen and oxygen atoms in total. The molecule has 5 heteroatoms. The number of benzene rings is 1. The molecule has 0 saturated carbocycles. The van der Waals surface area contributed by atoms with Crippen molar-refractivity contribution in [3.05, 3.63) is 28.2 Å². The lowest BCUT2D eigenvalue weighted by molar-refractivity contribution is 0.0900. The SMILES string of the molecule is COc1ccc(C(=O)NCC(O)CC(C)C)cc1Br.